The number of carbonyl (C=O) groups excluding carboxylic acids is 2. The van der Waals surface area contributed by atoms with Crippen LogP contribution in [0.1, 0.15) is 11.1 Å². The molecule has 0 unspecified atom stereocenters. The lowest BCUT2D eigenvalue weighted by Crippen LogP contribution is -2.48. The van der Waals surface area contributed by atoms with Gasteiger partial charge in [0.25, 0.3) is 11.8 Å². The second kappa shape index (κ2) is 9.29. The molecule has 2 N–H and O–H groups in total. The molecule has 9 nitrogen and oxygen atoms in total. The number of nitrogens with zero attached hydrogens (tertiary/aromatic N) is 2. The number of likely N-dealkylation sites (N-methyl/N-ethyl adjacent to an activating group) is 1. The quantitative estimate of drug-likeness (QED) is 0.648. The zero-order valence-electron chi connectivity index (χ0n) is 15.8. The summed E-state index contributed by atoms with van der Waals surface area (Å²) in [7, 11) is -2.60. The number of amides is 2. The lowest BCUT2D eigenvalue weighted by atomic mass is 10.1. The number of carbonyl (C=O) groups is 2. The molecule has 2 aromatic rings. The molecular weight excluding hydrogens is 384 g/mol. The van der Waals surface area contributed by atoms with E-state index in [1.54, 1.807) is 6.07 Å². The van der Waals surface area contributed by atoms with Crippen LogP contribution in [0.25, 0.3) is 0 Å². The minimum absolute atomic E-state index is 0.0312. The molecule has 10 heteroatoms. The number of sulfonamides is 1. The number of rotatable bonds is 7. The summed E-state index contributed by atoms with van der Waals surface area (Å²) in [5.41, 5.74) is 6.22. The van der Waals surface area contributed by atoms with E-state index in [0.29, 0.717) is 5.75 Å². The third kappa shape index (κ3) is 5.76. The van der Waals surface area contributed by atoms with Gasteiger partial charge in [0.2, 0.25) is 10.0 Å². The molecule has 2 rings (SSSR count). The predicted molar refractivity (Wildman–Crippen MR) is 102 cm³/mol. The monoisotopic (exact) mass is 406 g/mol. The molecule has 28 heavy (non-hydrogen) atoms. The fourth-order valence-electron chi connectivity index (χ4n) is 2.19. The average molecular weight is 406 g/mol. The molecule has 0 atom stereocenters. The summed E-state index contributed by atoms with van der Waals surface area (Å²) in [5.74, 6) is -0.703. The molecule has 0 aliphatic heterocycles. The van der Waals surface area contributed by atoms with Crippen LogP contribution in [0.15, 0.2) is 47.6 Å². The van der Waals surface area contributed by atoms with Crippen molar-refractivity contribution in [1.29, 1.82) is 0 Å². The smallest absolute Gasteiger partial charge is 0.276 e. The van der Waals surface area contributed by atoms with Crippen LogP contribution in [0, 0.1) is 13.8 Å². The van der Waals surface area contributed by atoms with E-state index < -0.39 is 28.4 Å². The minimum Gasteiger partial charge on any atom is -0.483 e. The molecule has 0 spiro atoms. The van der Waals surface area contributed by atoms with Crippen molar-refractivity contribution in [3.8, 4) is 5.75 Å². The van der Waals surface area contributed by atoms with E-state index in [0.717, 1.165) is 15.4 Å². The molecular formula is C18H22N4O5S. The highest BCUT2D eigenvalue weighted by molar-refractivity contribution is 7.89. The Hall–Kier alpha value is -2.98. The normalized spacial score (nSPS) is 11.1. The minimum atomic E-state index is -3.86. The third-order valence-electron chi connectivity index (χ3n) is 3.75. The Balaban J connectivity index is 1.81. The van der Waals surface area contributed by atoms with Crippen molar-refractivity contribution in [2.75, 3.05) is 20.2 Å². The number of aromatic nitrogens is 1. The summed E-state index contributed by atoms with van der Waals surface area (Å²) in [6.45, 7) is 2.99. The Morgan fingerprint density at radius 1 is 1.14 bits per heavy atom. The first kappa shape index (κ1) is 21.3. The molecule has 0 saturated heterocycles. The second-order valence-electron chi connectivity index (χ2n) is 6.10. The lowest BCUT2D eigenvalue weighted by molar-refractivity contribution is -0.130. The summed E-state index contributed by atoms with van der Waals surface area (Å²) in [6, 6.07) is 8.47. The average Bonchev–Trinajstić information content (AvgIpc) is 2.67. The first-order valence-electron chi connectivity index (χ1n) is 8.34. The van der Waals surface area contributed by atoms with Crippen LogP contribution in [0.4, 0.5) is 0 Å². The SMILES string of the molecule is Cc1ccc(C)c(OCC(=O)NNC(=O)CN(C)S(=O)(=O)c2cccnc2)c1. The maximum atomic E-state index is 12.3. The van der Waals surface area contributed by atoms with Crippen LogP contribution in [0.2, 0.25) is 0 Å². The van der Waals surface area contributed by atoms with E-state index in [4.69, 9.17) is 4.74 Å². The molecule has 150 valence electrons. The van der Waals surface area contributed by atoms with Gasteiger partial charge in [0, 0.05) is 19.4 Å². The van der Waals surface area contributed by atoms with Gasteiger partial charge < -0.3 is 4.74 Å². The molecule has 0 aliphatic carbocycles. The van der Waals surface area contributed by atoms with Crippen LogP contribution in [-0.2, 0) is 19.6 Å². The number of hydrogen-bond donors (Lipinski definition) is 2. The van der Waals surface area contributed by atoms with Gasteiger partial charge in [-0.2, -0.15) is 4.31 Å². The highest BCUT2D eigenvalue weighted by Gasteiger charge is 2.23. The van der Waals surface area contributed by atoms with Crippen molar-refractivity contribution in [3.05, 3.63) is 53.9 Å². The summed E-state index contributed by atoms with van der Waals surface area (Å²) < 4.78 is 30.9. The van der Waals surface area contributed by atoms with Gasteiger partial charge in [-0.25, -0.2) is 8.42 Å². The number of ether oxygens (including phenoxy) is 1. The van der Waals surface area contributed by atoms with E-state index >= 15 is 0 Å². The Morgan fingerprint density at radius 3 is 2.54 bits per heavy atom. The molecule has 0 saturated carbocycles. The number of pyridine rings is 1. The highest BCUT2D eigenvalue weighted by Crippen LogP contribution is 2.18. The van der Waals surface area contributed by atoms with Gasteiger partial charge in [0.1, 0.15) is 10.6 Å². The van der Waals surface area contributed by atoms with E-state index in [1.807, 2.05) is 26.0 Å². The molecule has 0 aliphatic rings. The zero-order chi connectivity index (χ0) is 20.7. The molecule has 2 amide bonds. The van der Waals surface area contributed by atoms with Crippen molar-refractivity contribution in [1.82, 2.24) is 20.1 Å². The van der Waals surface area contributed by atoms with Crippen LogP contribution in [0.5, 0.6) is 5.75 Å². The summed E-state index contributed by atoms with van der Waals surface area (Å²) >= 11 is 0. The lowest BCUT2D eigenvalue weighted by Gasteiger charge is -2.17. The maximum absolute atomic E-state index is 12.3. The van der Waals surface area contributed by atoms with E-state index in [9.17, 15) is 18.0 Å². The Labute approximate surface area is 163 Å². The van der Waals surface area contributed by atoms with Gasteiger partial charge in [-0.3, -0.25) is 25.4 Å². The zero-order valence-corrected chi connectivity index (χ0v) is 16.6. The van der Waals surface area contributed by atoms with Gasteiger partial charge in [0.05, 0.1) is 6.54 Å². The second-order valence-corrected chi connectivity index (χ2v) is 8.15. The third-order valence-corrected chi connectivity index (χ3v) is 5.54. The van der Waals surface area contributed by atoms with Gasteiger partial charge in [-0.05, 0) is 43.2 Å². The fourth-order valence-corrected chi connectivity index (χ4v) is 3.28. The van der Waals surface area contributed by atoms with Crippen LogP contribution in [0.3, 0.4) is 0 Å². The van der Waals surface area contributed by atoms with E-state index in [2.05, 4.69) is 15.8 Å². The number of hydrazine groups is 1. The molecule has 0 bridgehead atoms. The molecule has 0 fully saturated rings. The molecule has 1 heterocycles. The van der Waals surface area contributed by atoms with Crippen molar-refractivity contribution in [3.63, 3.8) is 0 Å². The first-order valence-corrected chi connectivity index (χ1v) is 9.78. The van der Waals surface area contributed by atoms with Crippen LogP contribution >= 0.6 is 0 Å². The van der Waals surface area contributed by atoms with Gasteiger partial charge in [-0.15, -0.1) is 0 Å². The van der Waals surface area contributed by atoms with E-state index in [1.165, 1.54) is 31.6 Å². The molecule has 1 aromatic carbocycles. The Bertz CT molecular complexity index is 948. The van der Waals surface area contributed by atoms with Gasteiger partial charge in [0.15, 0.2) is 6.61 Å². The topological polar surface area (TPSA) is 118 Å². The number of nitrogens with one attached hydrogen (secondary N) is 2. The Kier molecular flexibility index (Phi) is 7.07. The Morgan fingerprint density at radius 2 is 1.86 bits per heavy atom. The van der Waals surface area contributed by atoms with Crippen molar-refractivity contribution >= 4 is 21.8 Å². The largest absolute Gasteiger partial charge is 0.483 e. The summed E-state index contributed by atoms with van der Waals surface area (Å²) in [5, 5.41) is 0. The van der Waals surface area contributed by atoms with Crippen molar-refractivity contribution in [2.24, 2.45) is 0 Å². The van der Waals surface area contributed by atoms with Crippen LogP contribution < -0.4 is 15.6 Å². The maximum Gasteiger partial charge on any atom is 0.276 e. The van der Waals surface area contributed by atoms with Gasteiger partial charge >= 0.3 is 0 Å². The number of hydrogen-bond acceptors (Lipinski definition) is 6. The number of benzene rings is 1. The van der Waals surface area contributed by atoms with Crippen LogP contribution in [-0.4, -0.2) is 49.7 Å². The van der Waals surface area contributed by atoms with E-state index in [-0.39, 0.29) is 11.5 Å². The highest BCUT2D eigenvalue weighted by atomic mass is 32.2. The van der Waals surface area contributed by atoms with Gasteiger partial charge in [-0.1, -0.05) is 12.1 Å². The fraction of sp³-hybridized carbons (Fsp3) is 0.278. The number of aryl methyl sites for hydroxylation is 2. The summed E-state index contributed by atoms with van der Waals surface area (Å²) in [4.78, 5) is 27.5. The van der Waals surface area contributed by atoms with Crippen molar-refractivity contribution in [2.45, 2.75) is 18.7 Å². The van der Waals surface area contributed by atoms with Crippen molar-refractivity contribution < 1.29 is 22.7 Å². The molecule has 0 radical (unpaired) electrons. The first-order chi connectivity index (χ1) is 13.2. The standard InChI is InChI=1S/C18H22N4O5S/c1-13-6-7-14(2)16(9-13)27-12-18(24)21-20-17(23)11-22(3)28(25,26)15-5-4-8-19-10-15/h4-10H,11-12H2,1-3H3,(H,20,23)(H,21,24). The summed E-state index contributed by atoms with van der Waals surface area (Å²) in [6.07, 6.45) is 2.64. The molecule has 1 aromatic heterocycles. The predicted octanol–water partition coefficient (Wildman–Crippen LogP) is 0.545.